The van der Waals surface area contributed by atoms with Gasteiger partial charge in [-0.3, -0.25) is 9.59 Å². The average molecular weight is 352 g/mol. The fourth-order valence-electron chi connectivity index (χ4n) is 2.39. The molecule has 1 aromatic rings. The van der Waals surface area contributed by atoms with Crippen molar-refractivity contribution in [2.75, 3.05) is 7.11 Å². The first-order valence-electron chi connectivity index (χ1n) is 7.61. The zero-order valence-electron chi connectivity index (χ0n) is 14.7. The summed E-state index contributed by atoms with van der Waals surface area (Å²) in [7, 11) is 1.49. The summed E-state index contributed by atoms with van der Waals surface area (Å²) in [6.07, 6.45) is 0. The van der Waals surface area contributed by atoms with Crippen molar-refractivity contribution >= 4 is 29.1 Å². The summed E-state index contributed by atoms with van der Waals surface area (Å²) in [5.41, 5.74) is -0.899. The molecule has 0 unspecified atom stereocenters. The highest BCUT2D eigenvalue weighted by molar-refractivity contribution is 6.36. The van der Waals surface area contributed by atoms with Crippen LogP contribution in [0.2, 0.25) is 5.02 Å². The third kappa shape index (κ3) is 3.26. The maximum atomic E-state index is 12.6. The molecule has 1 heterocycles. The molecule has 24 heavy (non-hydrogen) atoms. The number of carbonyl (C=O) groups is 2. The average Bonchev–Trinajstić information content (AvgIpc) is 2.67. The van der Waals surface area contributed by atoms with Gasteiger partial charge in [0.15, 0.2) is 0 Å². The van der Waals surface area contributed by atoms with E-state index in [0.717, 1.165) is 0 Å². The van der Waals surface area contributed by atoms with Gasteiger partial charge >= 0.3 is 5.97 Å². The zero-order valence-corrected chi connectivity index (χ0v) is 15.5. The van der Waals surface area contributed by atoms with Crippen LogP contribution in [0.4, 0.5) is 0 Å². The maximum Gasteiger partial charge on any atom is 0.316 e. The van der Waals surface area contributed by atoms with Crippen LogP contribution in [0.3, 0.4) is 0 Å². The van der Waals surface area contributed by atoms with Gasteiger partial charge in [0.05, 0.1) is 34.2 Å². The van der Waals surface area contributed by atoms with Crippen molar-refractivity contribution in [3.63, 3.8) is 0 Å². The Kier molecular flexibility index (Phi) is 4.68. The van der Waals surface area contributed by atoms with E-state index in [9.17, 15) is 9.59 Å². The Morgan fingerprint density at radius 3 is 2.42 bits per heavy atom. The van der Waals surface area contributed by atoms with Crippen molar-refractivity contribution < 1.29 is 19.1 Å². The lowest BCUT2D eigenvalue weighted by Gasteiger charge is -2.25. The predicted molar refractivity (Wildman–Crippen MR) is 92.7 cm³/mol. The molecule has 1 N–H and O–H groups in total. The maximum absolute atomic E-state index is 12.6. The SMILES string of the molecule is COc1cccc(Cl)c1C1=C(OC(=O)C(C)(C)C)C(C)(C)NC1=O. The molecule has 6 heteroatoms. The van der Waals surface area contributed by atoms with Gasteiger partial charge in [-0.15, -0.1) is 0 Å². The summed E-state index contributed by atoms with van der Waals surface area (Å²) in [5.74, 6) is -0.0952. The van der Waals surface area contributed by atoms with Crippen LogP contribution in [0.15, 0.2) is 24.0 Å². The van der Waals surface area contributed by atoms with Gasteiger partial charge in [0, 0.05) is 0 Å². The number of rotatable bonds is 3. The van der Waals surface area contributed by atoms with Crippen LogP contribution in [0.5, 0.6) is 5.75 Å². The van der Waals surface area contributed by atoms with Crippen molar-refractivity contribution in [1.82, 2.24) is 5.32 Å². The summed E-state index contributed by atoms with van der Waals surface area (Å²) in [6.45, 7) is 8.80. The van der Waals surface area contributed by atoms with Gasteiger partial charge in [0.2, 0.25) is 0 Å². The Hall–Kier alpha value is -2.01. The third-order valence-corrected chi connectivity index (χ3v) is 4.02. The van der Waals surface area contributed by atoms with Crippen LogP contribution in [0, 0.1) is 5.41 Å². The smallest absolute Gasteiger partial charge is 0.316 e. The van der Waals surface area contributed by atoms with E-state index >= 15 is 0 Å². The molecule has 0 spiro atoms. The summed E-state index contributed by atoms with van der Waals surface area (Å²) in [4.78, 5) is 24.9. The molecular weight excluding hydrogens is 330 g/mol. The van der Waals surface area contributed by atoms with Crippen molar-refractivity contribution in [1.29, 1.82) is 0 Å². The molecule has 1 aliphatic heterocycles. The topological polar surface area (TPSA) is 64.6 Å². The quantitative estimate of drug-likeness (QED) is 0.846. The normalized spacial score (nSPS) is 16.9. The van der Waals surface area contributed by atoms with Crippen molar-refractivity contribution in [3.8, 4) is 5.75 Å². The standard InChI is InChI=1S/C18H22ClNO4/c1-17(2,3)16(22)24-14-13(15(21)20-18(14,4)5)12-10(19)8-7-9-11(12)23-6/h7-9H,1-6H3,(H,20,21). The first kappa shape index (κ1) is 18.3. The second kappa shape index (κ2) is 6.13. The van der Waals surface area contributed by atoms with Gasteiger partial charge in [-0.05, 0) is 46.8 Å². The predicted octanol–water partition coefficient (Wildman–Crippen LogP) is 3.56. The molecule has 0 saturated carbocycles. The van der Waals surface area contributed by atoms with Gasteiger partial charge in [0.25, 0.3) is 5.91 Å². The van der Waals surface area contributed by atoms with Crippen molar-refractivity contribution in [2.45, 2.75) is 40.2 Å². The van der Waals surface area contributed by atoms with Crippen LogP contribution in [0.25, 0.3) is 5.57 Å². The van der Waals surface area contributed by atoms with Crippen LogP contribution in [-0.4, -0.2) is 24.5 Å². The number of hydrogen-bond donors (Lipinski definition) is 1. The van der Waals surface area contributed by atoms with E-state index < -0.39 is 16.9 Å². The zero-order chi connectivity index (χ0) is 18.3. The Morgan fingerprint density at radius 2 is 1.88 bits per heavy atom. The molecule has 0 aromatic heterocycles. The minimum absolute atomic E-state index is 0.222. The largest absolute Gasteiger partial charge is 0.496 e. The van der Waals surface area contributed by atoms with Gasteiger partial charge in [-0.25, -0.2) is 0 Å². The highest BCUT2D eigenvalue weighted by Crippen LogP contribution is 2.41. The van der Waals surface area contributed by atoms with E-state index in [1.807, 2.05) is 0 Å². The number of methoxy groups -OCH3 is 1. The molecule has 2 rings (SSSR count). The molecule has 1 amide bonds. The third-order valence-electron chi connectivity index (χ3n) is 3.70. The molecule has 0 atom stereocenters. The molecule has 0 radical (unpaired) electrons. The molecule has 0 bridgehead atoms. The van der Waals surface area contributed by atoms with Crippen LogP contribution in [0.1, 0.15) is 40.2 Å². The van der Waals surface area contributed by atoms with E-state index in [2.05, 4.69) is 5.32 Å². The van der Waals surface area contributed by atoms with Gasteiger partial charge in [-0.2, -0.15) is 0 Å². The molecule has 130 valence electrons. The Labute approximate surface area is 147 Å². The van der Waals surface area contributed by atoms with Gasteiger partial charge in [-0.1, -0.05) is 17.7 Å². The molecule has 0 fully saturated rings. The lowest BCUT2D eigenvalue weighted by atomic mass is 9.95. The summed E-state index contributed by atoms with van der Waals surface area (Å²) in [6, 6.07) is 5.09. The number of benzene rings is 1. The molecule has 0 saturated heterocycles. The Bertz CT molecular complexity index is 729. The fraction of sp³-hybridized carbons (Fsp3) is 0.444. The Balaban J connectivity index is 2.68. The van der Waals surface area contributed by atoms with E-state index in [0.29, 0.717) is 16.3 Å². The summed E-state index contributed by atoms with van der Waals surface area (Å²) in [5, 5.41) is 3.17. The minimum atomic E-state index is -0.836. The van der Waals surface area contributed by atoms with Crippen LogP contribution in [-0.2, 0) is 14.3 Å². The van der Waals surface area contributed by atoms with Gasteiger partial charge < -0.3 is 14.8 Å². The second-order valence-corrected chi connectivity index (χ2v) is 7.65. The second-order valence-electron chi connectivity index (χ2n) is 7.24. The van der Waals surface area contributed by atoms with E-state index in [1.165, 1.54) is 7.11 Å². The molecule has 5 nitrogen and oxygen atoms in total. The number of nitrogens with one attached hydrogen (secondary N) is 1. The molecule has 1 aliphatic rings. The van der Waals surface area contributed by atoms with E-state index in [4.69, 9.17) is 21.1 Å². The first-order chi connectivity index (χ1) is 11.0. The number of halogens is 1. The van der Waals surface area contributed by atoms with E-state index in [-0.39, 0.29) is 17.2 Å². The number of hydrogen-bond acceptors (Lipinski definition) is 4. The number of amides is 1. The number of ether oxygens (including phenoxy) is 2. The van der Waals surface area contributed by atoms with Crippen LogP contribution >= 0.6 is 11.6 Å². The minimum Gasteiger partial charge on any atom is -0.496 e. The number of carbonyl (C=O) groups excluding carboxylic acids is 2. The molecular formula is C18H22ClNO4. The highest BCUT2D eigenvalue weighted by atomic mass is 35.5. The van der Waals surface area contributed by atoms with Crippen molar-refractivity contribution in [2.24, 2.45) is 5.41 Å². The fourth-order valence-corrected chi connectivity index (χ4v) is 2.65. The lowest BCUT2D eigenvalue weighted by Crippen LogP contribution is -2.40. The van der Waals surface area contributed by atoms with Crippen molar-refractivity contribution in [3.05, 3.63) is 34.5 Å². The molecule has 0 aliphatic carbocycles. The van der Waals surface area contributed by atoms with Gasteiger partial charge in [0.1, 0.15) is 11.5 Å². The first-order valence-corrected chi connectivity index (χ1v) is 7.99. The van der Waals surface area contributed by atoms with E-state index in [1.54, 1.807) is 52.8 Å². The van der Waals surface area contributed by atoms with Crippen LogP contribution < -0.4 is 10.1 Å². The monoisotopic (exact) mass is 351 g/mol. The highest BCUT2D eigenvalue weighted by Gasteiger charge is 2.44. The summed E-state index contributed by atoms with van der Waals surface area (Å²) < 4.78 is 11.0. The number of esters is 1. The molecule has 1 aromatic carbocycles. The summed E-state index contributed by atoms with van der Waals surface area (Å²) >= 11 is 6.30. The lowest BCUT2D eigenvalue weighted by molar-refractivity contribution is -0.149. The Morgan fingerprint density at radius 1 is 1.25 bits per heavy atom.